The Hall–Kier alpha value is -0.570. The van der Waals surface area contributed by atoms with Crippen LogP contribution in [0, 0.1) is 11.8 Å². The van der Waals surface area contributed by atoms with E-state index in [1.165, 1.54) is 0 Å². The van der Waals surface area contributed by atoms with Crippen molar-refractivity contribution in [3.63, 3.8) is 0 Å². The number of nitrogens with one attached hydrogen (secondary N) is 1. The average Bonchev–Trinajstić information content (AvgIpc) is 2.61. The summed E-state index contributed by atoms with van der Waals surface area (Å²) in [5, 5.41) is 3.34. The molecule has 0 aliphatic carbocycles. The Balaban J connectivity index is 2.52. The van der Waals surface area contributed by atoms with Gasteiger partial charge in [-0.25, -0.2) is 0 Å². The highest BCUT2D eigenvalue weighted by Gasteiger charge is 2.32. The zero-order chi connectivity index (χ0) is 12.3. The topological polar surface area (TPSA) is 32.3 Å². The Morgan fingerprint density at radius 2 is 2.06 bits per heavy atom. The lowest BCUT2D eigenvalue weighted by atomic mass is 9.98. The summed E-state index contributed by atoms with van der Waals surface area (Å²) in [6.07, 6.45) is 2.06. The van der Waals surface area contributed by atoms with Crippen LogP contribution in [0.2, 0.25) is 0 Å². The first kappa shape index (κ1) is 13.5. The lowest BCUT2D eigenvalue weighted by Crippen LogP contribution is -2.42. The summed E-state index contributed by atoms with van der Waals surface area (Å²) < 4.78 is 0. The largest absolute Gasteiger partial charge is 0.343 e. The van der Waals surface area contributed by atoms with Crippen LogP contribution < -0.4 is 5.32 Å². The van der Waals surface area contributed by atoms with Gasteiger partial charge in [0.2, 0.25) is 5.91 Å². The second kappa shape index (κ2) is 5.67. The first-order valence-corrected chi connectivity index (χ1v) is 6.43. The lowest BCUT2D eigenvalue weighted by Gasteiger charge is -2.29. The minimum Gasteiger partial charge on any atom is -0.343 e. The van der Waals surface area contributed by atoms with E-state index in [-0.39, 0.29) is 5.92 Å². The smallest absolute Gasteiger partial charge is 0.227 e. The SMILES string of the molecule is CC(C)CC(C)N(C)C(=O)C1CCNC1C. The van der Waals surface area contributed by atoms with Gasteiger partial charge in [0.1, 0.15) is 0 Å². The molecule has 1 aliphatic rings. The molecule has 1 rings (SSSR count). The van der Waals surface area contributed by atoms with Crippen LogP contribution in [0.25, 0.3) is 0 Å². The molecular weight excluding hydrogens is 200 g/mol. The van der Waals surface area contributed by atoms with Gasteiger partial charge in [-0.15, -0.1) is 0 Å². The zero-order valence-corrected chi connectivity index (χ0v) is 11.3. The van der Waals surface area contributed by atoms with E-state index >= 15 is 0 Å². The van der Waals surface area contributed by atoms with Gasteiger partial charge in [-0.3, -0.25) is 4.79 Å². The number of nitrogens with zero attached hydrogens (tertiary/aromatic N) is 1. The van der Waals surface area contributed by atoms with E-state index < -0.39 is 0 Å². The van der Waals surface area contributed by atoms with E-state index in [4.69, 9.17) is 0 Å². The predicted octanol–water partition coefficient (Wildman–Crippen LogP) is 1.88. The quantitative estimate of drug-likeness (QED) is 0.794. The molecule has 0 aromatic heterocycles. The molecule has 1 amide bonds. The first-order valence-electron chi connectivity index (χ1n) is 6.43. The van der Waals surface area contributed by atoms with Gasteiger partial charge >= 0.3 is 0 Å². The summed E-state index contributed by atoms with van der Waals surface area (Å²) in [5.41, 5.74) is 0. The third-order valence-corrected chi connectivity index (χ3v) is 3.66. The second-order valence-electron chi connectivity index (χ2n) is 5.57. The molecule has 1 N–H and O–H groups in total. The van der Waals surface area contributed by atoms with Gasteiger partial charge in [0, 0.05) is 19.1 Å². The van der Waals surface area contributed by atoms with E-state index in [1.54, 1.807) is 0 Å². The second-order valence-corrected chi connectivity index (χ2v) is 5.57. The van der Waals surface area contributed by atoms with E-state index in [0.29, 0.717) is 23.9 Å². The highest BCUT2D eigenvalue weighted by Crippen LogP contribution is 2.20. The van der Waals surface area contributed by atoms with Crippen molar-refractivity contribution in [3.05, 3.63) is 0 Å². The van der Waals surface area contributed by atoms with Gasteiger partial charge in [0.05, 0.1) is 5.92 Å². The van der Waals surface area contributed by atoms with Crippen LogP contribution in [0.15, 0.2) is 0 Å². The third kappa shape index (κ3) is 3.21. The molecule has 0 aromatic rings. The summed E-state index contributed by atoms with van der Waals surface area (Å²) in [5.74, 6) is 1.13. The maximum absolute atomic E-state index is 12.3. The molecule has 0 saturated carbocycles. The Morgan fingerprint density at radius 1 is 1.44 bits per heavy atom. The predicted molar refractivity (Wildman–Crippen MR) is 67.3 cm³/mol. The summed E-state index contributed by atoms with van der Waals surface area (Å²) >= 11 is 0. The number of hydrogen-bond donors (Lipinski definition) is 1. The fourth-order valence-corrected chi connectivity index (χ4v) is 2.52. The van der Waals surface area contributed by atoms with Crippen molar-refractivity contribution in [1.82, 2.24) is 10.2 Å². The van der Waals surface area contributed by atoms with Crippen LogP contribution in [0.3, 0.4) is 0 Å². The third-order valence-electron chi connectivity index (χ3n) is 3.66. The van der Waals surface area contributed by atoms with Crippen LogP contribution in [-0.4, -0.2) is 36.5 Å². The molecule has 0 aromatic carbocycles. The number of hydrogen-bond acceptors (Lipinski definition) is 2. The number of carbonyl (C=O) groups excluding carboxylic acids is 1. The van der Waals surface area contributed by atoms with E-state index in [9.17, 15) is 4.79 Å². The maximum atomic E-state index is 12.3. The van der Waals surface area contributed by atoms with Gasteiger partial charge in [-0.1, -0.05) is 13.8 Å². The Bertz CT molecular complexity index is 240. The number of carbonyl (C=O) groups is 1. The molecule has 94 valence electrons. The van der Waals surface area contributed by atoms with Crippen LogP contribution >= 0.6 is 0 Å². The molecule has 3 unspecified atom stereocenters. The van der Waals surface area contributed by atoms with Gasteiger partial charge in [0.15, 0.2) is 0 Å². The van der Waals surface area contributed by atoms with Gasteiger partial charge in [0.25, 0.3) is 0 Å². The molecule has 0 radical (unpaired) electrons. The zero-order valence-electron chi connectivity index (χ0n) is 11.3. The minimum absolute atomic E-state index is 0.180. The molecule has 16 heavy (non-hydrogen) atoms. The van der Waals surface area contributed by atoms with Gasteiger partial charge < -0.3 is 10.2 Å². The average molecular weight is 226 g/mol. The molecule has 1 saturated heterocycles. The Morgan fingerprint density at radius 3 is 2.50 bits per heavy atom. The first-order chi connectivity index (χ1) is 7.43. The van der Waals surface area contributed by atoms with Crippen molar-refractivity contribution in [2.24, 2.45) is 11.8 Å². The summed E-state index contributed by atoms with van der Waals surface area (Å²) in [4.78, 5) is 14.2. The fourth-order valence-electron chi connectivity index (χ4n) is 2.52. The van der Waals surface area contributed by atoms with Crippen molar-refractivity contribution in [1.29, 1.82) is 0 Å². The van der Waals surface area contributed by atoms with Crippen molar-refractivity contribution in [3.8, 4) is 0 Å². The van der Waals surface area contributed by atoms with Gasteiger partial charge in [-0.05, 0) is 39.2 Å². The van der Waals surface area contributed by atoms with E-state index in [1.807, 2.05) is 11.9 Å². The number of amides is 1. The number of rotatable bonds is 4. The van der Waals surface area contributed by atoms with Crippen molar-refractivity contribution < 1.29 is 4.79 Å². The van der Waals surface area contributed by atoms with E-state index in [0.717, 1.165) is 19.4 Å². The molecule has 1 fully saturated rings. The molecular formula is C13H26N2O. The highest BCUT2D eigenvalue weighted by molar-refractivity contribution is 5.79. The van der Waals surface area contributed by atoms with Crippen LogP contribution in [-0.2, 0) is 4.79 Å². The molecule has 3 heteroatoms. The van der Waals surface area contributed by atoms with Crippen LogP contribution in [0.1, 0.15) is 40.5 Å². The van der Waals surface area contributed by atoms with Crippen molar-refractivity contribution >= 4 is 5.91 Å². The molecule has 3 atom stereocenters. The van der Waals surface area contributed by atoms with Gasteiger partial charge in [-0.2, -0.15) is 0 Å². The minimum atomic E-state index is 0.180. The highest BCUT2D eigenvalue weighted by atomic mass is 16.2. The normalized spacial score (nSPS) is 27.1. The summed E-state index contributed by atoms with van der Waals surface area (Å²) in [7, 11) is 1.94. The van der Waals surface area contributed by atoms with Crippen LogP contribution in [0.4, 0.5) is 0 Å². The van der Waals surface area contributed by atoms with E-state index in [2.05, 4.69) is 33.0 Å². The Labute approximate surface area is 99.6 Å². The van der Waals surface area contributed by atoms with Crippen molar-refractivity contribution in [2.45, 2.75) is 52.6 Å². The Kier molecular flexibility index (Phi) is 4.78. The summed E-state index contributed by atoms with van der Waals surface area (Å²) in [6.45, 7) is 9.63. The maximum Gasteiger partial charge on any atom is 0.227 e. The standard InChI is InChI=1S/C13H26N2O/c1-9(2)8-10(3)15(5)13(16)12-6-7-14-11(12)4/h9-12,14H,6-8H2,1-5H3. The molecule has 3 nitrogen and oxygen atoms in total. The molecule has 1 aliphatic heterocycles. The molecule has 0 spiro atoms. The van der Waals surface area contributed by atoms with Crippen LogP contribution in [0.5, 0.6) is 0 Å². The molecule has 0 bridgehead atoms. The lowest BCUT2D eigenvalue weighted by molar-refractivity contribution is -0.136. The molecule has 1 heterocycles. The summed E-state index contributed by atoms with van der Waals surface area (Å²) in [6, 6.07) is 0.682. The van der Waals surface area contributed by atoms with Crippen molar-refractivity contribution in [2.75, 3.05) is 13.6 Å². The fraction of sp³-hybridized carbons (Fsp3) is 0.923. The monoisotopic (exact) mass is 226 g/mol.